The molecule has 0 aliphatic rings. The topological polar surface area (TPSA) is 42.0 Å². The fourth-order valence-electron chi connectivity index (χ4n) is 1.46. The van der Waals surface area contributed by atoms with Crippen LogP contribution in [0.4, 0.5) is 10.2 Å². The smallest absolute Gasteiger partial charge is 0.259 e. The van der Waals surface area contributed by atoms with Gasteiger partial charge in [0.15, 0.2) is 0 Å². The molecule has 0 saturated heterocycles. The minimum absolute atomic E-state index is 0.00220. The minimum Gasteiger partial charge on any atom is -0.306 e. The number of hydrogen-bond acceptors (Lipinski definition) is 2. The fraction of sp³-hybridized carbons (Fsp3) is 0.0769. The lowest BCUT2D eigenvalue weighted by molar-refractivity contribution is 0.102. The predicted molar refractivity (Wildman–Crippen MR) is 71.0 cm³/mol. The van der Waals surface area contributed by atoms with Gasteiger partial charge in [-0.2, -0.15) is 0 Å². The molecule has 18 heavy (non-hydrogen) atoms. The third kappa shape index (κ3) is 2.92. The van der Waals surface area contributed by atoms with E-state index in [2.05, 4.69) is 26.2 Å². The van der Waals surface area contributed by atoms with Crippen LogP contribution in [0.3, 0.4) is 0 Å². The molecule has 3 nitrogen and oxygen atoms in total. The molecule has 0 saturated carbocycles. The maximum Gasteiger partial charge on any atom is 0.259 e. The van der Waals surface area contributed by atoms with Crippen LogP contribution in [0.2, 0.25) is 0 Å². The van der Waals surface area contributed by atoms with Crippen LogP contribution in [0, 0.1) is 12.7 Å². The van der Waals surface area contributed by atoms with Crippen molar-refractivity contribution >= 4 is 27.7 Å². The van der Waals surface area contributed by atoms with E-state index < -0.39 is 11.7 Å². The average Bonchev–Trinajstić information content (AvgIpc) is 2.28. The van der Waals surface area contributed by atoms with Crippen molar-refractivity contribution in [2.24, 2.45) is 0 Å². The van der Waals surface area contributed by atoms with Crippen molar-refractivity contribution in [3.05, 3.63) is 57.9 Å². The maximum absolute atomic E-state index is 13.6. The van der Waals surface area contributed by atoms with Gasteiger partial charge in [-0.05, 0) is 36.8 Å². The van der Waals surface area contributed by atoms with Gasteiger partial charge in [0.05, 0.1) is 5.56 Å². The zero-order valence-corrected chi connectivity index (χ0v) is 11.2. The van der Waals surface area contributed by atoms with Crippen LogP contribution in [-0.4, -0.2) is 10.9 Å². The summed E-state index contributed by atoms with van der Waals surface area (Å²) in [6.45, 7) is 1.76. The Kier molecular flexibility index (Phi) is 3.72. The van der Waals surface area contributed by atoms with Gasteiger partial charge in [0.2, 0.25) is 0 Å². The third-order valence-electron chi connectivity index (χ3n) is 2.33. The summed E-state index contributed by atoms with van der Waals surface area (Å²) in [4.78, 5) is 15.8. The molecule has 2 aromatic rings. The van der Waals surface area contributed by atoms with E-state index in [9.17, 15) is 9.18 Å². The zero-order chi connectivity index (χ0) is 13.1. The number of aryl methyl sites for hydroxylation is 1. The van der Waals surface area contributed by atoms with E-state index in [1.165, 1.54) is 12.1 Å². The van der Waals surface area contributed by atoms with Crippen LogP contribution in [-0.2, 0) is 0 Å². The lowest BCUT2D eigenvalue weighted by Gasteiger charge is -2.06. The number of carbonyl (C=O) groups excluding carboxylic acids is 1. The van der Waals surface area contributed by atoms with Crippen molar-refractivity contribution in [1.29, 1.82) is 0 Å². The van der Waals surface area contributed by atoms with Crippen molar-refractivity contribution in [3.63, 3.8) is 0 Å². The van der Waals surface area contributed by atoms with E-state index in [-0.39, 0.29) is 5.56 Å². The number of halogens is 2. The number of carbonyl (C=O) groups is 1. The number of aromatic nitrogens is 1. The molecule has 5 heteroatoms. The van der Waals surface area contributed by atoms with Gasteiger partial charge < -0.3 is 5.32 Å². The Morgan fingerprint density at radius 2 is 2.11 bits per heavy atom. The molecule has 0 spiro atoms. The third-order valence-corrected chi connectivity index (χ3v) is 2.83. The highest BCUT2D eigenvalue weighted by molar-refractivity contribution is 9.10. The summed E-state index contributed by atoms with van der Waals surface area (Å²) in [5.41, 5.74) is 0.770. The maximum atomic E-state index is 13.6. The fourth-order valence-corrected chi connectivity index (χ4v) is 1.80. The average molecular weight is 309 g/mol. The van der Waals surface area contributed by atoms with Crippen molar-refractivity contribution < 1.29 is 9.18 Å². The minimum atomic E-state index is -0.539. The zero-order valence-electron chi connectivity index (χ0n) is 9.58. The Labute approximate surface area is 112 Å². The van der Waals surface area contributed by atoms with Crippen molar-refractivity contribution in [2.45, 2.75) is 6.92 Å². The second-order valence-electron chi connectivity index (χ2n) is 3.80. The molecule has 0 aliphatic heterocycles. The molecular formula is C13H10BrFN2O. The van der Waals surface area contributed by atoms with E-state index >= 15 is 0 Å². The van der Waals surface area contributed by atoms with Crippen molar-refractivity contribution in [2.75, 3.05) is 5.32 Å². The largest absolute Gasteiger partial charge is 0.306 e. The van der Waals surface area contributed by atoms with E-state index in [1.54, 1.807) is 31.3 Å². The molecule has 1 aromatic carbocycles. The molecule has 1 aromatic heterocycles. The van der Waals surface area contributed by atoms with Gasteiger partial charge in [0.25, 0.3) is 5.91 Å². The number of benzene rings is 1. The second-order valence-corrected chi connectivity index (χ2v) is 4.71. The standard InChI is InChI=1S/C13H10BrFN2O/c1-8-2-3-10(11(15)6-8)13(18)17-12-7-9(14)4-5-16-12/h2-7H,1H3,(H,16,17,18). The van der Waals surface area contributed by atoms with Crippen molar-refractivity contribution in [3.8, 4) is 0 Å². The molecule has 92 valence electrons. The summed E-state index contributed by atoms with van der Waals surface area (Å²) in [6, 6.07) is 7.85. The van der Waals surface area contributed by atoms with Crippen LogP contribution >= 0.6 is 15.9 Å². The second kappa shape index (κ2) is 5.27. The lowest BCUT2D eigenvalue weighted by Crippen LogP contribution is -2.14. The van der Waals surface area contributed by atoms with E-state index in [0.29, 0.717) is 5.82 Å². The molecule has 2 rings (SSSR count). The number of pyridine rings is 1. The monoisotopic (exact) mass is 308 g/mol. The first-order valence-electron chi connectivity index (χ1n) is 5.25. The SMILES string of the molecule is Cc1ccc(C(=O)Nc2cc(Br)ccn2)c(F)c1. The van der Waals surface area contributed by atoms with E-state index in [4.69, 9.17) is 0 Å². The summed E-state index contributed by atoms with van der Waals surface area (Å²) >= 11 is 3.27. The van der Waals surface area contributed by atoms with Gasteiger partial charge in [0.1, 0.15) is 11.6 Å². The molecule has 0 fully saturated rings. The van der Waals surface area contributed by atoms with Crippen LogP contribution in [0.5, 0.6) is 0 Å². The highest BCUT2D eigenvalue weighted by atomic mass is 79.9. The quantitative estimate of drug-likeness (QED) is 0.922. The first kappa shape index (κ1) is 12.7. The van der Waals surface area contributed by atoms with Crippen LogP contribution in [0.1, 0.15) is 15.9 Å². The molecule has 1 amide bonds. The van der Waals surface area contributed by atoms with Crippen LogP contribution < -0.4 is 5.32 Å². The number of hydrogen-bond donors (Lipinski definition) is 1. The summed E-state index contributed by atoms with van der Waals surface area (Å²) in [5, 5.41) is 2.54. The summed E-state index contributed by atoms with van der Waals surface area (Å²) < 4.78 is 14.4. The lowest BCUT2D eigenvalue weighted by atomic mass is 10.1. The number of anilines is 1. The molecule has 0 radical (unpaired) electrons. The van der Waals surface area contributed by atoms with Crippen LogP contribution in [0.15, 0.2) is 41.0 Å². The summed E-state index contributed by atoms with van der Waals surface area (Å²) in [7, 11) is 0. The Hall–Kier alpha value is -1.75. The first-order valence-corrected chi connectivity index (χ1v) is 6.04. The van der Waals surface area contributed by atoms with Crippen molar-refractivity contribution in [1.82, 2.24) is 4.98 Å². The Morgan fingerprint density at radius 3 is 2.78 bits per heavy atom. The number of nitrogens with zero attached hydrogens (tertiary/aromatic N) is 1. The Morgan fingerprint density at radius 1 is 1.33 bits per heavy atom. The normalized spacial score (nSPS) is 10.2. The van der Waals surface area contributed by atoms with Gasteiger partial charge in [-0.1, -0.05) is 22.0 Å². The van der Waals surface area contributed by atoms with Gasteiger partial charge in [-0.15, -0.1) is 0 Å². The van der Waals surface area contributed by atoms with E-state index in [1.807, 2.05) is 0 Å². The Bertz CT molecular complexity index is 601. The molecular weight excluding hydrogens is 299 g/mol. The van der Waals surface area contributed by atoms with E-state index in [0.717, 1.165) is 10.0 Å². The Balaban J connectivity index is 2.22. The first-order chi connectivity index (χ1) is 8.56. The molecule has 1 N–H and O–H groups in total. The molecule has 0 aliphatic carbocycles. The van der Waals surface area contributed by atoms with Gasteiger partial charge >= 0.3 is 0 Å². The summed E-state index contributed by atoms with van der Waals surface area (Å²) in [6.07, 6.45) is 1.55. The highest BCUT2D eigenvalue weighted by Crippen LogP contribution is 2.15. The summed E-state index contributed by atoms with van der Waals surface area (Å²) in [5.74, 6) is -0.685. The van der Waals surface area contributed by atoms with Gasteiger partial charge in [-0.25, -0.2) is 9.37 Å². The molecule has 0 atom stereocenters. The van der Waals surface area contributed by atoms with Gasteiger partial charge in [0, 0.05) is 10.7 Å². The predicted octanol–water partition coefficient (Wildman–Crippen LogP) is 3.54. The highest BCUT2D eigenvalue weighted by Gasteiger charge is 2.12. The number of amides is 1. The molecule has 0 bridgehead atoms. The molecule has 1 heterocycles. The number of rotatable bonds is 2. The van der Waals surface area contributed by atoms with Gasteiger partial charge in [-0.3, -0.25) is 4.79 Å². The van der Waals surface area contributed by atoms with Crippen LogP contribution in [0.25, 0.3) is 0 Å². The number of nitrogens with one attached hydrogen (secondary N) is 1. The molecule has 0 unspecified atom stereocenters.